The number of unbranched alkanes of at least 4 members (excludes halogenated alkanes) is 1. The average molecular weight is 347 g/mol. The molecule has 0 radical (unpaired) electrons. The van der Waals surface area contributed by atoms with Crippen molar-refractivity contribution >= 4 is 33.5 Å². The Labute approximate surface area is 145 Å². The Hall–Kier alpha value is -1.79. The first-order chi connectivity index (χ1) is 11.5. The number of nitrogens with zero attached hydrogens (tertiary/aromatic N) is 1. The van der Waals surface area contributed by atoms with Crippen molar-refractivity contribution in [3.8, 4) is 0 Å². The monoisotopic (exact) mass is 347 g/mol. The van der Waals surface area contributed by atoms with Gasteiger partial charge in [0, 0.05) is 35.0 Å². The van der Waals surface area contributed by atoms with Gasteiger partial charge in [0.1, 0.15) is 0 Å². The number of hydrogen-bond donors (Lipinski definition) is 2. The third kappa shape index (κ3) is 5.69. The Balaban J connectivity index is 1.76. The Bertz CT molecular complexity index is 731. The van der Waals surface area contributed by atoms with Gasteiger partial charge >= 0.3 is 0 Å². The lowest BCUT2D eigenvalue weighted by Crippen LogP contribution is -2.25. The van der Waals surface area contributed by atoms with Crippen molar-refractivity contribution < 1.29 is 9.00 Å². The first-order valence-electron chi connectivity index (χ1n) is 8.27. The van der Waals surface area contributed by atoms with Gasteiger partial charge in [0.2, 0.25) is 5.91 Å². The number of nitrogens with one attached hydrogen (secondary N) is 2. The first-order valence-corrected chi connectivity index (χ1v) is 9.48. The number of anilines is 1. The zero-order valence-corrected chi connectivity index (χ0v) is 15.3. The standard InChI is InChI=1S/C18H25N3O2S/c1-13(2)24(23)19-11-5-4-6-18(22)21-16-9-10-17-15(12-16)8-7-14(3)20-17/h7-10,12-13,19H,4-6,11H2,1-3H3,(H,21,22). The van der Waals surface area contributed by atoms with Crippen LogP contribution >= 0.6 is 0 Å². The summed E-state index contributed by atoms with van der Waals surface area (Å²) < 4.78 is 14.5. The third-order valence-electron chi connectivity index (χ3n) is 3.62. The summed E-state index contributed by atoms with van der Waals surface area (Å²) in [5, 5.41) is 4.04. The summed E-state index contributed by atoms with van der Waals surface area (Å²) in [6.45, 7) is 6.45. The van der Waals surface area contributed by atoms with E-state index in [1.807, 2.05) is 51.1 Å². The summed E-state index contributed by atoms with van der Waals surface area (Å²) in [6.07, 6.45) is 2.05. The van der Waals surface area contributed by atoms with Crippen molar-refractivity contribution in [3.63, 3.8) is 0 Å². The van der Waals surface area contributed by atoms with Crippen LogP contribution in [0.2, 0.25) is 0 Å². The summed E-state index contributed by atoms with van der Waals surface area (Å²) in [6, 6.07) is 9.70. The molecule has 1 atom stereocenters. The van der Waals surface area contributed by atoms with Gasteiger partial charge in [-0.25, -0.2) is 8.93 Å². The van der Waals surface area contributed by atoms with E-state index in [1.165, 1.54) is 0 Å². The van der Waals surface area contributed by atoms with Gasteiger partial charge in [-0.1, -0.05) is 6.07 Å². The number of aryl methyl sites for hydroxylation is 1. The van der Waals surface area contributed by atoms with Gasteiger partial charge in [-0.3, -0.25) is 9.78 Å². The lowest BCUT2D eigenvalue weighted by molar-refractivity contribution is -0.116. The third-order valence-corrected chi connectivity index (χ3v) is 4.96. The van der Waals surface area contributed by atoms with E-state index in [2.05, 4.69) is 15.0 Å². The Morgan fingerprint density at radius 1 is 1.21 bits per heavy atom. The highest BCUT2D eigenvalue weighted by atomic mass is 32.2. The van der Waals surface area contributed by atoms with E-state index in [1.54, 1.807) is 0 Å². The number of benzene rings is 1. The second-order valence-electron chi connectivity index (χ2n) is 6.11. The minimum absolute atomic E-state index is 0.000553. The number of hydrogen-bond acceptors (Lipinski definition) is 3. The number of aromatic nitrogens is 1. The van der Waals surface area contributed by atoms with Crippen LogP contribution in [0.15, 0.2) is 30.3 Å². The number of carbonyl (C=O) groups is 1. The van der Waals surface area contributed by atoms with Crippen LogP contribution in [0.25, 0.3) is 10.9 Å². The summed E-state index contributed by atoms with van der Waals surface area (Å²) in [5.41, 5.74) is 2.70. The van der Waals surface area contributed by atoms with E-state index in [0.29, 0.717) is 13.0 Å². The molecule has 2 rings (SSSR count). The van der Waals surface area contributed by atoms with Gasteiger partial charge in [0.15, 0.2) is 0 Å². The molecule has 0 saturated heterocycles. The van der Waals surface area contributed by atoms with Crippen LogP contribution in [-0.2, 0) is 15.8 Å². The summed E-state index contributed by atoms with van der Waals surface area (Å²) in [7, 11) is -0.989. The molecule has 0 aliphatic carbocycles. The normalized spacial score (nSPS) is 12.5. The predicted octanol–water partition coefficient (Wildman–Crippen LogP) is 3.31. The highest BCUT2D eigenvalue weighted by Crippen LogP contribution is 2.18. The van der Waals surface area contributed by atoms with Gasteiger partial charge in [-0.05, 0) is 57.9 Å². The second kappa shape index (κ2) is 8.89. The predicted molar refractivity (Wildman–Crippen MR) is 100 cm³/mol. The molecule has 1 unspecified atom stereocenters. The minimum Gasteiger partial charge on any atom is -0.326 e. The highest BCUT2D eigenvalue weighted by molar-refractivity contribution is 7.83. The smallest absolute Gasteiger partial charge is 0.224 e. The fourth-order valence-electron chi connectivity index (χ4n) is 2.28. The van der Waals surface area contributed by atoms with E-state index >= 15 is 0 Å². The molecule has 0 bridgehead atoms. The minimum atomic E-state index is -0.989. The van der Waals surface area contributed by atoms with Crippen LogP contribution in [0.3, 0.4) is 0 Å². The van der Waals surface area contributed by atoms with Gasteiger partial charge in [-0.2, -0.15) is 0 Å². The number of carbonyl (C=O) groups excluding carboxylic acids is 1. The Kier molecular flexibility index (Phi) is 6.87. The maximum absolute atomic E-state index is 12.0. The second-order valence-corrected chi connectivity index (χ2v) is 7.93. The highest BCUT2D eigenvalue weighted by Gasteiger charge is 2.06. The molecule has 6 heteroatoms. The average Bonchev–Trinajstić information content (AvgIpc) is 2.54. The van der Waals surface area contributed by atoms with Crippen LogP contribution < -0.4 is 10.0 Å². The van der Waals surface area contributed by atoms with E-state index in [9.17, 15) is 9.00 Å². The summed E-state index contributed by atoms with van der Waals surface area (Å²) in [4.78, 5) is 16.4. The molecule has 0 spiro atoms. The van der Waals surface area contributed by atoms with Gasteiger partial charge in [-0.15, -0.1) is 0 Å². The molecule has 0 fully saturated rings. The molecule has 24 heavy (non-hydrogen) atoms. The number of rotatable bonds is 8. The molecule has 1 aromatic heterocycles. The number of pyridine rings is 1. The first kappa shape index (κ1) is 18.5. The lowest BCUT2D eigenvalue weighted by Gasteiger charge is -2.08. The molecular weight excluding hydrogens is 322 g/mol. The van der Waals surface area contributed by atoms with Crippen LogP contribution in [0.4, 0.5) is 5.69 Å². The van der Waals surface area contributed by atoms with Crippen molar-refractivity contribution in [2.45, 2.75) is 45.3 Å². The van der Waals surface area contributed by atoms with E-state index < -0.39 is 11.0 Å². The number of amides is 1. The maximum atomic E-state index is 12.0. The topological polar surface area (TPSA) is 71.1 Å². The molecule has 1 aromatic carbocycles. The molecular formula is C18H25N3O2S. The fourth-order valence-corrected chi connectivity index (χ4v) is 2.96. The van der Waals surface area contributed by atoms with Gasteiger partial charge in [0.25, 0.3) is 0 Å². The zero-order valence-electron chi connectivity index (χ0n) is 14.5. The van der Waals surface area contributed by atoms with Crippen molar-refractivity contribution in [1.29, 1.82) is 0 Å². The van der Waals surface area contributed by atoms with E-state index in [0.717, 1.165) is 35.1 Å². The zero-order chi connectivity index (χ0) is 17.5. The fraction of sp³-hybridized carbons (Fsp3) is 0.444. The molecule has 5 nitrogen and oxygen atoms in total. The largest absolute Gasteiger partial charge is 0.326 e. The van der Waals surface area contributed by atoms with Gasteiger partial charge in [0.05, 0.1) is 16.5 Å². The van der Waals surface area contributed by atoms with Crippen molar-refractivity contribution in [2.24, 2.45) is 0 Å². The lowest BCUT2D eigenvalue weighted by atomic mass is 10.1. The molecule has 0 aliphatic heterocycles. The van der Waals surface area contributed by atoms with Gasteiger partial charge < -0.3 is 5.32 Å². The quantitative estimate of drug-likeness (QED) is 0.720. The summed E-state index contributed by atoms with van der Waals surface area (Å²) in [5.74, 6) is -0.000553. The SMILES string of the molecule is Cc1ccc2cc(NC(=O)CCCCNS(=O)C(C)C)ccc2n1. The molecule has 1 amide bonds. The molecule has 2 N–H and O–H groups in total. The van der Waals surface area contributed by atoms with Crippen LogP contribution in [0.5, 0.6) is 0 Å². The molecule has 0 aliphatic rings. The molecule has 130 valence electrons. The van der Waals surface area contributed by atoms with Crippen LogP contribution in [-0.4, -0.2) is 26.9 Å². The van der Waals surface area contributed by atoms with Crippen LogP contribution in [0, 0.1) is 6.92 Å². The Morgan fingerprint density at radius 2 is 2.00 bits per heavy atom. The van der Waals surface area contributed by atoms with Crippen LogP contribution in [0.1, 0.15) is 38.8 Å². The summed E-state index contributed by atoms with van der Waals surface area (Å²) >= 11 is 0. The maximum Gasteiger partial charge on any atom is 0.224 e. The molecule has 2 aromatic rings. The van der Waals surface area contributed by atoms with Crippen molar-refractivity contribution in [2.75, 3.05) is 11.9 Å². The Morgan fingerprint density at radius 3 is 2.75 bits per heavy atom. The molecule has 0 saturated carbocycles. The molecule has 1 heterocycles. The van der Waals surface area contributed by atoms with Crippen molar-refractivity contribution in [1.82, 2.24) is 9.71 Å². The number of fused-ring (bicyclic) bond motifs is 1. The van der Waals surface area contributed by atoms with E-state index in [-0.39, 0.29) is 11.2 Å². The van der Waals surface area contributed by atoms with E-state index in [4.69, 9.17) is 0 Å². The van der Waals surface area contributed by atoms with Crippen molar-refractivity contribution in [3.05, 3.63) is 36.0 Å².